The van der Waals surface area contributed by atoms with Gasteiger partial charge in [-0.05, 0) is 30.7 Å². The van der Waals surface area contributed by atoms with Gasteiger partial charge in [0.2, 0.25) is 0 Å². The number of hydrogen-bond donors (Lipinski definition) is 1. The van der Waals surface area contributed by atoms with Crippen molar-refractivity contribution >= 4 is 5.97 Å². The first-order valence-corrected chi connectivity index (χ1v) is 3.80. The van der Waals surface area contributed by atoms with Crippen molar-refractivity contribution in [1.82, 2.24) is 0 Å². The van der Waals surface area contributed by atoms with Crippen LogP contribution in [0.2, 0.25) is 0 Å². The monoisotopic (exact) mass is 202 g/mol. The number of hydrogen-bond acceptors (Lipinski definition) is 2. The van der Waals surface area contributed by atoms with Gasteiger partial charge < -0.3 is 9.84 Å². The Balaban J connectivity index is 2.82. The summed E-state index contributed by atoms with van der Waals surface area (Å²) in [5, 5.41) is 8.21. The Kier molecular flexibility index (Phi) is 3.01. The molecule has 3 nitrogen and oxygen atoms in total. The second kappa shape index (κ2) is 4.04. The van der Waals surface area contributed by atoms with Crippen molar-refractivity contribution in [3.63, 3.8) is 0 Å². The maximum atomic E-state index is 12.6. The van der Waals surface area contributed by atoms with E-state index in [1.807, 2.05) is 0 Å². The molecular formula is C9H8F2O3. The van der Waals surface area contributed by atoms with E-state index < -0.39 is 18.1 Å². The number of carboxylic acid groups (broad SMARTS) is 1. The molecule has 1 unspecified atom stereocenters. The van der Waals surface area contributed by atoms with Gasteiger partial charge in [-0.2, -0.15) is 4.39 Å². The molecule has 0 bridgehead atoms. The molecule has 1 atom stereocenters. The Hall–Kier alpha value is -1.65. The lowest BCUT2D eigenvalue weighted by molar-refractivity contribution is -0.153. The van der Waals surface area contributed by atoms with E-state index in [0.717, 1.165) is 12.1 Å². The van der Waals surface area contributed by atoms with E-state index in [4.69, 9.17) is 5.11 Å². The Bertz CT molecular complexity index is 352. The second-order valence-electron chi connectivity index (χ2n) is 2.68. The van der Waals surface area contributed by atoms with Gasteiger partial charge >= 0.3 is 12.3 Å². The van der Waals surface area contributed by atoms with Gasteiger partial charge in [-0.3, -0.25) is 0 Å². The van der Waals surface area contributed by atoms with E-state index in [-0.39, 0.29) is 5.75 Å². The van der Waals surface area contributed by atoms with Gasteiger partial charge in [-0.15, -0.1) is 0 Å². The van der Waals surface area contributed by atoms with E-state index in [2.05, 4.69) is 4.74 Å². The number of alkyl halides is 1. The van der Waals surface area contributed by atoms with E-state index in [0.29, 0.717) is 5.56 Å². The predicted molar refractivity (Wildman–Crippen MR) is 44.3 cm³/mol. The molecule has 5 heteroatoms. The summed E-state index contributed by atoms with van der Waals surface area (Å²) >= 11 is 0. The Morgan fingerprint density at radius 3 is 2.71 bits per heavy atom. The molecule has 0 fully saturated rings. The SMILES string of the molecule is Cc1cc(F)ccc1OC(F)C(=O)O. The number of aliphatic carboxylic acids is 1. The quantitative estimate of drug-likeness (QED) is 0.814. The fourth-order valence-corrected chi connectivity index (χ4v) is 0.907. The number of ether oxygens (including phenoxy) is 1. The summed E-state index contributed by atoms with van der Waals surface area (Å²) in [6, 6.07) is 3.38. The molecule has 0 saturated heterocycles. The van der Waals surface area contributed by atoms with Crippen LogP contribution >= 0.6 is 0 Å². The summed E-state index contributed by atoms with van der Waals surface area (Å²) < 4.78 is 29.6. The highest BCUT2D eigenvalue weighted by Crippen LogP contribution is 2.19. The van der Waals surface area contributed by atoms with Gasteiger partial charge in [-0.1, -0.05) is 0 Å². The first-order chi connectivity index (χ1) is 6.50. The average molecular weight is 202 g/mol. The molecule has 0 aromatic heterocycles. The minimum absolute atomic E-state index is 0.0151. The molecule has 0 spiro atoms. The van der Waals surface area contributed by atoms with Crippen LogP contribution in [-0.4, -0.2) is 17.4 Å². The molecule has 1 rings (SSSR count). The maximum absolute atomic E-state index is 12.6. The van der Waals surface area contributed by atoms with Gasteiger partial charge in [0.1, 0.15) is 11.6 Å². The second-order valence-corrected chi connectivity index (χ2v) is 2.68. The fourth-order valence-electron chi connectivity index (χ4n) is 0.907. The molecule has 76 valence electrons. The van der Waals surface area contributed by atoms with Crippen molar-refractivity contribution in [2.45, 2.75) is 13.3 Å². The summed E-state index contributed by atoms with van der Waals surface area (Å²) in [4.78, 5) is 10.1. The van der Waals surface area contributed by atoms with E-state index >= 15 is 0 Å². The summed E-state index contributed by atoms with van der Waals surface area (Å²) in [7, 11) is 0. The first-order valence-electron chi connectivity index (χ1n) is 3.80. The number of benzene rings is 1. The molecule has 0 heterocycles. The summed E-state index contributed by atoms with van der Waals surface area (Å²) in [5.41, 5.74) is 0.342. The number of rotatable bonds is 3. The van der Waals surface area contributed by atoms with Crippen LogP contribution in [0.5, 0.6) is 5.75 Å². The molecule has 1 aromatic rings. The maximum Gasteiger partial charge on any atom is 0.378 e. The normalized spacial score (nSPS) is 12.2. The molecule has 0 aliphatic heterocycles. The zero-order chi connectivity index (χ0) is 10.7. The van der Waals surface area contributed by atoms with Crippen LogP contribution in [0.15, 0.2) is 18.2 Å². The topological polar surface area (TPSA) is 46.5 Å². The van der Waals surface area contributed by atoms with Crippen LogP contribution < -0.4 is 4.74 Å². The number of halogens is 2. The average Bonchev–Trinajstić information content (AvgIpc) is 2.09. The minimum Gasteiger partial charge on any atom is -0.476 e. The number of carboxylic acids is 1. The molecular weight excluding hydrogens is 194 g/mol. The molecule has 0 aliphatic carbocycles. The Morgan fingerprint density at radius 1 is 1.57 bits per heavy atom. The van der Waals surface area contributed by atoms with Crippen molar-refractivity contribution in [3.8, 4) is 5.75 Å². The highest BCUT2D eigenvalue weighted by Gasteiger charge is 2.18. The lowest BCUT2D eigenvalue weighted by atomic mass is 10.2. The van der Waals surface area contributed by atoms with Crippen LogP contribution in [0.25, 0.3) is 0 Å². The van der Waals surface area contributed by atoms with Gasteiger partial charge in [0, 0.05) is 0 Å². The van der Waals surface area contributed by atoms with Crippen molar-refractivity contribution in [2.24, 2.45) is 0 Å². The molecule has 14 heavy (non-hydrogen) atoms. The van der Waals surface area contributed by atoms with Crippen LogP contribution in [0.1, 0.15) is 5.56 Å². The minimum atomic E-state index is -2.43. The fraction of sp³-hybridized carbons (Fsp3) is 0.222. The lowest BCUT2D eigenvalue weighted by Gasteiger charge is -2.09. The Morgan fingerprint density at radius 2 is 2.21 bits per heavy atom. The third-order valence-electron chi connectivity index (χ3n) is 1.56. The molecule has 0 amide bonds. The van der Waals surface area contributed by atoms with Gasteiger partial charge in [-0.25, -0.2) is 9.18 Å². The van der Waals surface area contributed by atoms with Crippen molar-refractivity contribution < 1.29 is 23.4 Å². The smallest absolute Gasteiger partial charge is 0.378 e. The van der Waals surface area contributed by atoms with Crippen LogP contribution in [-0.2, 0) is 4.79 Å². The lowest BCUT2D eigenvalue weighted by Crippen LogP contribution is -2.21. The van der Waals surface area contributed by atoms with Crippen molar-refractivity contribution in [3.05, 3.63) is 29.6 Å². The number of carbonyl (C=O) groups is 1. The standard InChI is InChI=1S/C9H8F2O3/c1-5-4-6(10)2-3-7(5)14-8(11)9(12)13/h2-4,8H,1H3,(H,12,13). The molecule has 0 saturated carbocycles. The van der Waals surface area contributed by atoms with Gasteiger partial charge in [0.15, 0.2) is 0 Å². The largest absolute Gasteiger partial charge is 0.476 e. The third-order valence-corrected chi connectivity index (χ3v) is 1.56. The van der Waals surface area contributed by atoms with Crippen molar-refractivity contribution in [2.75, 3.05) is 0 Å². The molecule has 1 N–H and O–H groups in total. The first kappa shape index (κ1) is 10.4. The molecule has 0 aliphatic rings. The predicted octanol–water partition coefficient (Wildman–Crippen LogP) is 1.89. The highest BCUT2D eigenvalue weighted by atomic mass is 19.1. The Labute approximate surface area is 78.9 Å². The van der Waals surface area contributed by atoms with E-state index in [1.165, 1.54) is 13.0 Å². The zero-order valence-corrected chi connectivity index (χ0v) is 7.33. The molecule has 1 aromatic carbocycles. The highest BCUT2D eigenvalue weighted by molar-refractivity contribution is 5.71. The molecule has 0 radical (unpaired) electrons. The van der Waals surface area contributed by atoms with Crippen LogP contribution in [0, 0.1) is 12.7 Å². The summed E-state index contributed by atoms with van der Waals surface area (Å²) in [6.07, 6.45) is -2.43. The summed E-state index contributed by atoms with van der Waals surface area (Å²) in [6.45, 7) is 1.49. The number of aryl methyl sites for hydroxylation is 1. The third kappa shape index (κ3) is 2.42. The van der Waals surface area contributed by atoms with Gasteiger partial charge in [0.25, 0.3) is 0 Å². The van der Waals surface area contributed by atoms with E-state index in [1.54, 1.807) is 0 Å². The van der Waals surface area contributed by atoms with Crippen LogP contribution in [0.4, 0.5) is 8.78 Å². The van der Waals surface area contributed by atoms with Crippen molar-refractivity contribution in [1.29, 1.82) is 0 Å². The van der Waals surface area contributed by atoms with E-state index in [9.17, 15) is 13.6 Å². The summed E-state index contributed by atoms with van der Waals surface area (Å²) in [5.74, 6) is -2.18. The van der Waals surface area contributed by atoms with Gasteiger partial charge in [0.05, 0.1) is 0 Å². The van der Waals surface area contributed by atoms with Crippen LogP contribution in [0.3, 0.4) is 0 Å². The zero-order valence-electron chi connectivity index (χ0n) is 7.33.